The van der Waals surface area contributed by atoms with Gasteiger partial charge in [0.1, 0.15) is 34.6 Å². The number of benzene rings is 2. The van der Waals surface area contributed by atoms with Gasteiger partial charge < -0.3 is 25.2 Å². The smallest absolute Gasteiger partial charge is 0.267 e. The Labute approximate surface area is 269 Å². The largest absolute Gasteiger partial charge is 0.497 e. The number of fused-ring (bicyclic) bond motifs is 1. The van der Waals surface area contributed by atoms with Crippen molar-refractivity contribution in [2.24, 2.45) is 4.99 Å². The zero-order valence-corrected chi connectivity index (χ0v) is 26.9. The molecular weight excluding hydrogens is 617 g/mol. The molecule has 2 aromatic carbocycles. The average Bonchev–Trinajstić information content (AvgIpc) is 3.02. The molecule has 3 heterocycles. The highest BCUT2D eigenvalue weighted by Gasteiger charge is 2.38. The van der Waals surface area contributed by atoms with Gasteiger partial charge in [-0.15, -0.1) is 11.8 Å². The molecule has 2 aliphatic rings. The summed E-state index contributed by atoms with van der Waals surface area (Å²) in [5, 5.41) is 6.68. The summed E-state index contributed by atoms with van der Waals surface area (Å²) in [6, 6.07) is 12.7. The van der Waals surface area contributed by atoms with Gasteiger partial charge >= 0.3 is 0 Å². The number of thioether (sulfide) groups is 1. The van der Waals surface area contributed by atoms with Crippen LogP contribution in [0.1, 0.15) is 35.6 Å². The molecule has 2 atom stereocenters. The minimum absolute atomic E-state index is 0.0185. The van der Waals surface area contributed by atoms with Crippen LogP contribution in [0.15, 0.2) is 82.9 Å². The second-order valence-electron chi connectivity index (χ2n) is 10.5. The van der Waals surface area contributed by atoms with Crippen LogP contribution in [0.2, 0.25) is 0 Å². The molecule has 0 saturated carbocycles. The Morgan fingerprint density at radius 1 is 1.29 bits per heavy atom. The summed E-state index contributed by atoms with van der Waals surface area (Å²) < 4.78 is 21.0. The van der Waals surface area contributed by atoms with Gasteiger partial charge in [-0.25, -0.2) is 14.4 Å². The maximum absolute atomic E-state index is 14.4. The Morgan fingerprint density at radius 2 is 2.02 bits per heavy atom. The highest BCUT2D eigenvalue weighted by atomic mass is 35.5. The Bertz CT molecular complexity index is 1790. The Hall–Kier alpha value is -4.55. The van der Waals surface area contributed by atoms with E-state index < -0.39 is 22.9 Å². The summed E-state index contributed by atoms with van der Waals surface area (Å²) in [7, 11) is 3.35. The zero-order valence-electron chi connectivity index (χ0n) is 25.3. The number of likely N-dealkylation sites (N-methyl/N-ethyl adjacent to an activating group) is 1. The van der Waals surface area contributed by atoms with Crippen molar-refractivity contribution in [2.75, 3.05) is 27.1 Å². The highest BCUT2D eigenvalue weighted by molar-refractivity contribution is 7.99. The number of amidine groups is 1. The van der Waals surface area contributed by atoms with Gasteiger partial charge in [0.25, 0.3) is 11.5 Å². The number of hydrogen-bond donors (Lipinski definition) is 2. The second kappa shape index (κ2) is 13.2. The van der Waals surface area contributed by atoms with E-state index >= 15 is 0 Å². The molecule has 0 bridgehead atoms. The van der Waals surface area contributed by atoms with Gasteiger partial charge in [-0.1, -0.05) is 43.0 Å². The van der Waals surface area contributed by atoms with E-state index in [2.05, 4.69) is 23.8 Å². The topological polar surface area (TPSA) is 104 Å². The second-order valence-corrected chi connectivity index (χ2v) is 11.8. The van der Waals surface area contributed by atoms with Crippen LogP contribution >= 0.6 is 23.4 Å². The third-order valence-electron chi connectivity index (χ3n) is 7.40. The van der Waals surface area contributed by atoms with E-state index in [1.54, 1.807) is 32.0 Å². The first kappa shape index (κ1) is 31.9. The lowest BCUT2D eigenvalue weighted by molar-refractivity contribution is -0.128. The fourth-order valence-electron chi connectivity index (χ4n) is 5.23. The Kier molecular flexibility index (Phi) is 9.35. The highest BCUT2D eigenvalue weighted by Crippen LogP contribution is 2.28. The van der Waals surface area contributed by atoms with E-state index in [0.717, 1.165) is 11.3 Å². The number of nitrogens with one attached hydrogen (secondary N) is 2. The molecule has 45 heavy (non-hydrogen) atoms. The maximum Gasteiger partial charge on any atom is 0.267 e. The molecule has 0 spiro atoms. The summed E-state index contributed by atoms with van der Waals surface area (Å²) >= 11 is 7.69. The normalized spacial score (nSPS) is 16.9. The molecule has 13 heteroatoms. The number of carbonyl (C=O) groups excluding carboxylic acids is 1. The molecule has 3 aromatic rings. The van der Waals surface area contributed by atoms with Gasteiger partial charge in [0, 0.05) is 18.6 Å². The third-order valence-corrected chi connectivity index (χ3v) is 8.25. The number of aliphatic imine (C=N–C) groups is 1. The molecule has 10 nitrogen and oxygen atoms in total. The average molecular weight is 650 g/mol. The van der Waals surface area contributed by atoms with Crippen LogP contribution in [0.25, 0.3) is 16.8 Å². The van der Waals surface area contributed by atoms with Crippen molar-refractivity contribution in [2.45, 2.75) is 25.0 Å². The number of nitrogens with zero attached hydrogens (tertiary/aromatic N) is 5. The first-order valence-electron chi connectivity index (χ1n) is 14.0. The molecule has 1 unspecified atom stereocenters. The first-order chi connectivity index (χ1) is 21.6. The minimum atomic E-state index is -0.677. The summed E-state index contributed by atoms with van der Waals surface area (Å²) in [5.41, 5.74) is 0.967. The molecule has 1 saturated heterocycles. The van der Waals surface area contributed by atoms with E-state index in [1.165, 1.54) is 40.6 Å². The molecule has 2 N–H and O–H groups in total. The number of rotatable bonds is 10. The van der Waals surface area contributed by atoms with E-state index in [-0.39, 0.29) is 33.7 Å². The summed E-state index contributed by atoms with van der Waals surface area (Å²) in [6.45, 7) is 10.2. The standard InChI is InChI=1S/C32H33ClFN7O3S/c1-7-24-25(18(2)33)31(43)41(22-10-8-9-21(34)15-22)28(36-24)19(3)35-27-26-29(38-32(37-27)45-6)40(17-39(4)30(26)42)16-20-11-13-23(44-5)14-12-20/h7-15,19,32,35,37H,1-2,16-17H2,3-6H3/t19-,32?/m0/s1. The van der Waals surface area contributed by atoms with Crippen molar-refractivity contribution in [3.8, 4) is 11.4 Å². The van der Waals surface area contributed by atoms with Crippen LogP contribution in [0.3, 0.4) is 0 Å². The summed E-state index contributed by atoms with van der Waals surface area (Å²) in [6.07, 6.45) is 3.33. The van der Waals surface area contributed by atoms with Crippen molar-refractivity contribution in [1.82, 2.24) is 30.0 Å². The Morgan fingerprint density at radius 3 is 2.64 bits per heavy atom. The van der Waals surface area contributed by atoms with Crippen LogP contribution in [-0.4, -0.2) is 63.7 Å². The SMILES string of the molecule is C=Cc1nc([C@H](C)NC2=C3C(=O)N(C)CN(Cc4ccc(OC)cc4)C3=NC(SC)N2)n(-c2cccc(F)c2)c(=O)c1C(=C)Cl. The molecule has 1 amide bonds. The fourth-order valence-corrected chi connectivity index (χ4v) is 5.85. The summed E-state index contributed by atoms with van der Waals surface area (Å²) in [5.74, 6) is 1.21. The molecular formula is C32H33ClFN7O3S. The van der Waals surface area contributed by atoms with Crippen molar-refractivity contribution >= 4 is 46.2 Å². The number of aromatic nitrogens is 2. The molecule has 5 rings (SSSR count). The quantitative estimate of drug-likeness (QED) is 0.327. The summed E-state index contributed by atoms with van der Waals surface area (Å²) in [4.78, 5) is 40.8. The number of carbonyl (C=O) groups is 1. The number of ether oxygens (including phenoxy) is 1. The fraction of sp³-hybridized carbons (Fsp3) is 0.250. The molecule has 1 fully saturated rings. The monoisotopic (exact) mass is 649 g/mol. The molecule has 2 aliphatic heterocycles. The van der Waals surface area contributed by atoms with Crippen molar-refractivity contribution < 1.29 is 13.9 Å². The molecule has 234 valence electrons. The predicted octanol–water partition coefficient (Wildman–Crippen LogP) is 4.67. The number of amides is 1. The van der Waals surface area contributed by atoms with Crippen molar-refractivity contribution in [3.05, 3.63) is 112 Å². The van der Waals surface area contributed by atoms with Gasteiger partial charge in [-0.2, -0.15) is 0 Å². The molecule has 0 radical (unpaired) electrons. The van der Waals surface area contributed by atoms with Crippen LogP contribution in [-0.2, 0) is 11.3 Å². The van der Waals surface area contributed by atoms with E-state index in [1.807, 2.05) is 35.4 Å². The van der Waals surface area contributed by atoms with Gasteiger partial charge in [-0.3, -0.25) is 14.2 Å². The van der Waals surface area contributed by atoms with Crippen LogP contribution in [0, 0.1) is 5.82 Å². The van der Waals surface area contributed by atoms with E-state index in [4.69, 9.17) is 26.3 Å². The zero-order chi connectivity index (χ0) is 32.4. The minimum Gasteiger partial charge on any atom is -0.497 e. The van der Waals surface area contributed by atoms with Crippen molar-refractivity contribution in [1.29, 1.82) is 0 Å². The van der Waals surface area contributed by atoms with E-state index in [0.29, 0.717) is 30.4 Å². The maximum atomic E-state index is 14.4. The molecule has 0 aliphatic carbocycles. The lowest BCUT2D eigenvalue weighted by Crippen LogP contribution is -2.55. The van der Waals surface area contributed by atoms with E-state index in [9.17, 15) is 14.0 Å². The first-order valence-corrected chi connectivity index (χ1v) is 15.6. The lowest BCUT2D eigenvalue weighted by atomic mass is 10.1. The van der Waals surface area contributed by atoms with Gasteiger partial charge in [0.05, 0.1) is 36.8 Å². The van der Waals surface area contributed by atoms with Crippen molar-refractivity contribution in [3.63, 3.8) is 0 Å². The number of methoxy groups -OCH3 is 1. The van der Waals surface area contributed by atoms with Gasteiger partial charge in [0.2, 0.25) is 0 Å². The lowest BCUT2D eigenvalue weighted by Gasteiger charge is -2.41. The number of hydrogen-bond acceptors (Lipinski definition) is 9. The molecule has 1 aromatic heterocycles. The van der Waals surface area contributed by atoms with Crippen LogP contribution < -0.4 is 20.9 Å². The number of halogens is 2. The van der Waals surface area contributed by atoms with Gasteiger partial charge in [0.15, 0.2) is 5.50 Å². The van der Waals surface area contributed by atoms with Crippen LogP contribution in [0.4, 0.5) is 4.39 Å². The Balaban J connectivity index is 1.60. The predicted molar refractivity (Wildman–Crippen MR) is 177 cm³/mol. The van der Waals surface area contributed by atoms with Crippen LogP contribution in [0.5, 0.6) is 5.75 Å². The third kappa shape index (κ3) is 6.34. The van der Waals surface area contributed by atoms with Gasteiger partial charge in [-0.05, 0) is 55.2 Å².